The lowest BCUT2D eigenvalue weighted by molar-refractivity contribution is -0.138. The average molecular weight is 264 g/mol. The molecule has 0 amide bonds. The van der Waals surface area contributed by atoms with Crippen molar-refractivity contribution in [2.45, 2.75) is 12.7 Å². The maximum atomic E-state index is 12.8. The fraction of sp³-hybridized carbons (Fsp3) is 0.133. The van der Waals surface area contributed by atoms with Gasteiger partial charge in [-0.25, -0.2) is 0 Å². The van der Waals surface area contributed by atoms with Gasteiger partial charge in [-0.15, -0.1) is 0 Å². The van der Waals surface area contributed by atoms with E-state index < -0.39 is 11.7 Å². The van der Waals surface area contributed by atoms with E-state index in [1.165, 1.54) is 12.1 Å². The molecule has 2 rings (SSSR count). The molecule has 1 nitrogen and oxygen atoms in total. The first-order chi connectivity index (χ1) is 8.98. The summed E-state index contributed by atoms with van der Waals surface area (Å²) in [5.74, 6) is 0. The van der Waals surface area contributed by atoms with Gasteiger partial charge in [0, 0.05) is 12.2 Å². The number of para-hydroxylation sites is 1. The van der Waals surface area contributed by atoms with Crippen LogP contribution >= 0.6 is 0 Å². The number of hydrogen-bond acceptors (Lipinski definition) is 1. The Bertz CT molecular complexity index is 561. The van der Waals surface area contributed by atoms with E-state index in [4.69, 9.17) is 0 Å². The van der Waals surface area contributed by atoms with Gasteiger partial charge in [-0.2, -0.15) is 13.2 Å². The Labute approximate surface area is 110 Å². The maximum absolute atomic E-state index is 12.8. The zero-order valence-electron chi connectivity index (χ0n) is 10.2. The van der Waals surface area contributed by atoms with Crippen LogP contribution in [0, 0.1) is 6.92 Å². The number of anilines is 1. The van der Waals surface area contributed by atoms with Gasteiger partial charge in [-0.1, -0.05) is 36.4 Å². The number of nitrogens with one attached hydrogen (secondary N) is 1. The molecule has 0 aliphatic heterocycles. The summed E-state index contributed by atoms with van der Waals surface area (Å²) in [5.41, 5.74) is 1.11. The van der Waals surface area contributed by atoms with Gasteiger partial charge in [0.2, 0.25) is 0 Å². The molecule has 4 heteroatoms. The topological polar surface area (TPSA) is 12.0 Å². The molecule has 0 unspecified atom stereocenters. The maximum Gasteiger partial charge on any atom is 0.416 e. The van der Waals surface area contributed by atoms with Gasteiger partial charge < -0.3 is 5.32 Å². The van der Waals surface area contributed by atoms with Crippen molar-refractivity contribution in [2.24, 2.45) is 0 Å². The summed E-state index contributed by atoms with van der Waals surface area (Å²) in [5, 5.41) is 2.98. The predicted octanol–water partition coefficient (Wildman–Crippen LogP) is 4.50. The molecule has 2 aromatic carbocycles. The summed E-state index contributed by atoms with van der Waals surface area (Å²) in [6.45, 7) is 3.93. The van der Waals surface area contributed by atoms with Crippen molar-refractivity contribution >= 4 is 5.69 Å². The molecule has 0 bridgehead atoms. The first kappa shape index (κ1) is 13.5. The minimum absolute atomic E-state index is 0.113. The van der Waals surface area contributed by atoms with Gasteiger partial charge in [0.05, 0.1) is 5.56 Å². The van der Waals surface area contributed by atoms with Crippen LogP contribution in [0.1, 0.15) is 16.7 Å². The highest BCUT2D eigenvalue weighted by atomic mass is 19.4. The highest BCUT2D eigenvalue weighted by molar-refractivity contribution is 5.53. The van der Waals surface area contributed by atoms with E-state index >= 15 is 0 Å². The fourth-order valence-corrected chi connectivity index (χ4v) is 1.83. The molecule has 0 saturated carbocycles. The largest absolute Gasteiger partial charge is 0.416 e. The van der Waals surface area contributed by atoms with Crippen molar-refractivity contribution in [3.8, 4) is 0 Å². The van der Waals surface area contributed by atoms with Gasteiger partial charge in [-0.05, 0) is 30.2 Å². The molecule has 1 N–H and O–H groups in total. The zero-order chi connectivity index (χ0) is 13.9. The second-order valence-electron chi connectivity index (χ2n) is 4.17. The summed E-state index contributed by atoms with van der Waals surface area (Å²) in [4.78, 5) is 0. The van der Waals surface area contributed by atoms with Crippen molar-refractivity contribution in [1.29, 1.82) is 0 Å². The Morgan fingerprint density at radius 3 is 2.26 bits per heavy atom. The fourth-order valence-electron chi connectivity index (χ4n) is 1.83. The van der Waals surface area contributed by atoms with E-state index in [1.807, 2.05) is 12.1 Å². The van der Waals surface area contributed by atoms with Gasteiger partial charge in [0.25, 0.3) is 0 Å². The van der Waals surface area contributed by atoms with Crippen LogP contribution < -0.4 is 5.32 Å². The van der Waals surface area contributed by atoms with Crippen molar-refractivity contribution in [2.75, 3.05) is 5.32 Å². The van der Waals surface area contributed by atoms with Crippen molar-refractivity contribution < 1.29 is 13.2 Å². The lowest BCUT2D eigenvalue weighted by atomic mass is 10.1. The summed E-state index contributed by atoms with van der Waals surface area (Å²) < 4.78 is 38.4. The first-order valence-corrected chi connectivity index (χ1v) is 5.78. The molecular weight excluding hydrogens is 251 g/mol. The van der Waals surface area contributed by atoms with Crippen LogP contribution in [0.15, 0.2) is 48.5 Å². The number of rotatable bonds is 3. The molecule has 0 fully saturated rings. The van der Waals surface area contributed by atoms with Crippen LogP contribution in [0.2, 0.25) is 0 Å². The summed E-state index contributed by atoms with van der Waals surface area (Å²) in [6, 6.07) is 12.8. The Kier molecular flexibility index (Phi) is 3.79. The summed E-state index contributed by atoms with van der Waals surface area (Å²) in [7, 11) is 0. The van der Waals surface area contributed by atoms with Gasteiger partial charge >= 0.3 is 6.18 Å². The normalized spacial score (nSPS) is 11.4. The minimum atomic E-state index is -4.33. The predicted molar refractivity (Wildman–Crippen MR) is 69.7 cm³/mol. The van der Waals surface area contributed by atoms with E-state index in [1.54, 1.807) is 18.2 Å². The molecule has 0 heterocycles. The molecule has 0 atom stereocenters. The lowest BCUT2D eigenvalue weighted by Crippen LogP contribution is -2.11. The molecule has 0 aliphatic rings. The third kappa shape index (κ3) is 3.28. The third-order valence-corrected chi connectivity index (χ3v) is 2.81. The van der Waals surface area contributed by atoms with Crippen LogP contribution in [-0.2, 0) is 12.7 Å². The molecular formula is C15H13F3N. The van der Waals surface area contributed by atoms with Gasteiger partial charge in [0.1, 0.15) is 0 Å². The summed E-state index contributed by atoms with van der Waals surface area (Å²) >= 11 is 0. The van der Waals surface area contributed by atoms with Crippen molar-refractivity contribution in [1.82, 2.24) is 0 Å². The molecule has 1 radical (unpaired) electrons. The molecule has 0 saturated heterocycles. The molecule has 0 aromatic heterocycles. The highest BCUT2D eigenvalue weighted by Gasteiger charge is 2.32. The SMILES string of the molecule is [CH2]c1ccccc1NCc1ccccc1C(F)(F)F. The second kappa shape index (κ2) is 5.34. The van der Waals surface area contributed by atoms with Crippen molar-refractivity contribution in [3.05, 3.63) is 72.1 Å². The first-order valence-electron chi connectivity index (χ1n) is 5.78. The monoisotopic (exact) mass is 264 g/mol. The Balaban J connectivity index is 2.19. The standard InChI is InChI=1S/C15H13F3N/c1-11-6-2-5-9-14(11)19-10-12-7-3-4-8-13(12)15(16,17)18/h2-9,19H,1,10H2. The smallest absolute Gasteiger partial charge is 0.381 e. The number of alkyl halides is 3. The van der Waals surface area contributed by atoms with E-state index in [0.29, 0.717) is 0 Å². The molecule has 2 aromatic rings. The molecule has 0 aliphatic carbocycles. The highest BCUT2D eigenvalue weighted by Crippen LogP contribution is 2.32. The van der Waals surface area contributed by atoms with Crippen LogP contribution in [-0.4, -0.2) is 0 Å². The van der Waals surface area contributed by atoms with Crippen LogP contribution in [0.3, 0.4) is 0 Å². The Hall–Kier alpha value is -1.97. The van der Waals surface area contributed by atoms with E-state index in [9.17, 15) is 13.2 Å². The van der Waals surface area contributed by atoms with Gasteiger partial charge in [0.15, 0.2) is 0 Å². The quantitative estimate of drug-likeness (QED) is 0.860. The number of benzene rings is 2. The molecule has 19 heavy (non-hydrogen) atoms. The number of halogens is 3. The average Bonchev–Trinajstić information content (AvgIpc) is 2.37. The van der Waals surface area contributed by atoms with Crippen LogP contribution in [0.4, 0.5) is 18.9 Å². The van der Waals surface area contributed by atoms with E-state index in [2.05, 4.69) is 12.2 Å². The summed E-state index contributed by atoms with van der Waals surface area (Å²) in [6.07, 6.45) is -4.33. The van der Waals surface area contributed by atoms with E-state index in [-0.39, 0.29) is 12.1 Å². The second-order valence-corrected chi connectivity index (χ2v) is 4.17. The van der Waals surface area contributed by atoms with Gasteiger partial charge in [-0.3, -0.25) is 0 Å². The third-order valence-electron chi connectivity index (χ3n) is 2.81. The van der Waals surface area contributed by atoms with Crippen LogP contribution in [0.5, 0.6) is 0 Å². The van der Waals surface area contributed by atoms with Crippen molar-refractivity contribution in [3.63, 3.8) is 0 Å². The van der Waals surface area contributed by atoms with E-state index in [0.717, 1.165) is 17.3 Å². The Morgan fingerprint density at radius 2 is 1.58 bits per heavy atom. The Morgan fingerprint density at radius 1 is 0.947 bits per heavy atom. The lowest BCUT2D eigenvalue weighted by Gasteiger charge is -2.14. The number of hydrogen-bond donors (Lipinski definition) is 1. The minimum Gasteiger partial charge on any atom is -0.381 e. The molecule has 99 valence electrons. The zero-order valence-corrected chi connectivity index (χ0v) is 10.2. The van der Waals surface area contributed by atoms with Crippen LogP contribution in [0.25, 0.3) is 0 Å². The molecule has 0 spiro atoms.